The maximum Gasteiger partial charge on any atom is 0.135 e. The molecule has 0 spiro atoms. The molecular weight excluding hydrogens is 470 g/mol. The van der Waals surface area contributed by atoms with Crippen molar-refractivity contribution in [3.05, 3.63) is 83.6 Å². The Hall–Kier alpha value is -3.81. The maximum atomic E-state index is 14.5. The molecule has 6 nitrogen and oxygen atoms in total. The molecule has 37 heavy (non-hydrogen) atoms. The number of nitrogens with zero attached hydrogens (tertiary/aromatic N) is 5. The Morgan fingerprint density at radius 3 is 2.54 bits per heavy atom. The van der Waals surface area contributed by atoms with Gasteiger partial charge in [0, 0.05) is 24.5 Å². The Labute approximate surface area is 214 Å². The summed E-state index contributed by atoms with van der Waals surface area (Å²) >= 11 is 0. The summed E-state index contributed by atoms with van der Waals surface area (Å²) in [6.45, 7) is 7.42. The number of hydrogen-bond donors (Lipinski definition) is 1. The highest BCUT2D eigenvalue weighted by molar-refractivity contribution is 5.65. The zero-order chi connectivity index (χ0) is 25.8. The van der Waals surface area contributed by atoms with E-state index in [1.165, 1.54) is 18.2 Å². The number of pyridine rings is 1. The molecule has 0 saturated heterocycles. The SMILES string of the molecule is CCCNc1ccc(-c2cncc([C@@]34CC[C@@H](c5cc(-c6c(F)cccc6F)nnc53)C4(C)C)n2)cn1. The van der Waals surface area contributed by atoms with Crippen LogP contribution in [0.4, 0.5) is 14.6 Å². The molecule has 0 aliphatic heterocycles. The van der Waals surface area contributed by atoms with Crippen LogP contribution in [0.25, 0.3) is 22.5 Å². The molecule has 6 rings (SSSR count). The van der Waals surface area contributed by atoms with Gasteiger partial charge in [0.1, 0.15) is 17.5 Å². The Balaban J connectivity index is 1.43. The molecule has 2 atom stereocenters. The Morgan fingerprint density at radius 1 is 1.00 bits per heavy atom. The van der Waals surface area contributed by atoms with Crippen molar-refractivity contribution in [3.63, 3.8) is 0 Å². The standard InChI is InChI=1S/C29H28F2N6/c1-4-12-33-25-9-8-17(14-34-25)23-15-32-16-24(35-23)29-11-10-19(28(29,2)3)18-13-22(36-37-27(18)29)26-20(30)6-5-7-21(26)31/h5-9,13-16,19H,4,10-12H2,1-3H3,(H,33,34)/t19-,29-/m0/s1. The second kappa shape index (κ2) is 8.64. The third-order valence-electron chi connectivity index (χ3n) is 8.29. The van der Waals surface area contributed by atoms with E-state index in [0.717, 1.165) is 59.8 Å². The number of aromatic nitrogens is 5. The first kappa shape index (κ1) is 23.6. The van der Waals surface area contributed by atoms with Gasteiger partial charge in [-0.25, -0.2) is 18.7 Å². The van der Waals surface area contributed by atoms with Gasteiger partial charge in [-0.1, -0.05) is 26.8 Å². The molecule has 0 radical (unpaired) electrons. The van der Waals surface area contributed by atoms with Gasteiger partial charge in [-0.2, -0.15) is 5.10 Å². The molecule has 1 fully saturated rings. The van der Waals surface area contributed by atoms with E-state index in [1.54, 1.807) is 6.20 Å². The minimum atomic E-state index is -0.644. The summed E-state index contributed by atoms with van der Waals surface area (Å²) in [7, 11) is 0. The molecule has 188 valence electrons. The molecule has 3 aromatic heterocycles. The second-order valence-corrected chi connectivity index (χ2v) is 10.5. The van der Waals surface area contributed by atoms with Crippen LogP contribution >= 0.6 is 0 Å². The molecule has 8 heteroatoms. The van der Waals surface area contributed by atoms with Crippen LogP contribution in [0.3, 0.4) is 0 Å². The van der Waals surface area contributed by atoms with Crippen LogP contribution in [0.5, 0.6) is 0 Å². The Kier molecular flexibility index (Phi) is 5.51. The fourth-order valence-electron chi connectivity index (χ4n) is 6.37. The first-order valence-corrected chi connectivity index (χ1v) is 12.7. The third-order valence-corrected chi connectivity index (χ3v) is 8.29. The van der Waals surface area contributed by atoms with Crippen molar-refractivity contribution in [2.45, 2.75) is 51.4 Å². The number of rotatable bonds is 6. The van der Waals surface area contributed by atoms with Crippen LogP contribution in [0.2, 0.25) is 0 Å². The van der Waals surface area contributed by atoms with E-state index in [4.69, 9.17) is 4.98 Å². The average molecular weight is 499 g/mol. The summed E-state index contributed by atoms with van der Waals surface area (Å²) in [6.07, 6.45) is 8.19. The highest BCUT2D eigenvalue weighted by Crippen LogP contribution is 2.69. The van der Waals surface area contributed by atoms with E-state index in [2.05, 4.69) is 46.3 Å². The monoisotopic (exact) mass is 498 g/mol. The fourth-order valence-corrected chi connectivity index (χ4v) is 6.37. The molecule has 2 bridgehead atoms. The maximum absolute atomic E-state index is 14.5. The van der Waals surface area contributed by atoms with Crippen molar-refractivity contribution in [2.24, 2.45) is 5.41 Å². The van der Waals surface area contributed by atoms with E-state index in [9.17, 15) is 8.78 Å². The summed E-state index contributed by atoms with van der Waals surface area (Å²) in [6, 6.07) is 9.61. The lowest BCUT2D eigenvalue weighted by Crippen LogP contribution is -2.38. The Morgan fingerprint density at radius 2 is 1.81 bits per heavy atom. The van der Waals surface area contributed by atoms with Crippen molar-refractivity contribution < 1.29 is 8.78 Å². The smallest absolute Gasteiger partial charge is 0.135 e. The number of hydrogen-bond acceptors (Lipinski definition) is 6. The molecular formula is C29H28F2N6. The highest BCUT2D eigenvalue weighted by atomic mass is 19.1. The van der Waals surface area contributed by atoms with E-state index in [0.29, 0.717) is 0 Å². The molecule has 2 aliphatic rings. The van der Waals surface area contributed by atoms with Crippen LogP contribution in [-0.2, 0) is 5.41 Å². The first-order chi connectivity index (χ1) is 17.9. The minimum Gasteiger partial charge on any atom is -0.370 e. The van der Waals surface area contributed by atoms with Gasteiger partial charge in [0.2, 0.25) is 0 Å². The fraction of sp³-hybridized carbons (Fsp3) is 0.345. The normalized spacial score (nSPS) is 21.2. The number of fused-ring (bicyclic) bond motifs is 5. The predicted octanol–water partition coefficient (Wildman–Crippen LogP) is 6.30. The van der Waals surface area contributed by atoms with Crippen molar-refractivity contribution in [2.75, 3.05) is 11.9 Å². The quantitative estimate of drug-likeness (QED) is 0.336. The van der Waals surface area contributed by atoms with Gasteiger partial charge in [0.15, 0.2) is 0 Å². The molecule has 1 saturated carbocycles. The number of nitrogens with one attached hydrogen (secondary N) is 1. The van der Waals surface area contributed by atoms with Gasteiger partial charge < -0.3 is 5.32 Å². The van der Waals surface area contributed by atoms with Gasteiger partial charge in [-0.3, -0.25) is 4.98 Å². The first-order valence-electron chi connectivity index (χ1n) is 12.7. The van der Waals surface area contributed by atoms with E-state index >= 15 is 0 Å². The third kappa shape index (κ3) is 3.45. The van der Waals surface area contributed by atoms with Crippen molar-refractivity contribution in [3.8, 4) is 22.5 Å². The number of anilines is 1. The lowest BCUT2D eigenvalue weighted by Gasteiger charge is -2.37. The average Bonchev–Trinajstić information content (AvgIpc) is 3.28. The topological polar surface area (TPSA) is 76.5 Å². The molecule has 2 aliphatic carbocycles. The molecule has 1 N–H and O–H groups in total. The summed E-state index contributed by atoms with van der Waals surface area (Å²) in [5.74, 6) is -0.290. The van der Waals surface area contributed by atoms with E-state index < -0.39 is 17.0 Å². The molecule has 1 aromatic carbocycles. The summed E-state index contributed by atoms with van der Waals surface area (Å²) in [5, 5.41) is 12.2. The van der Waals surface area contributed by atoms with Gasteiger partial charge in [-0.05, 0) is 66.5 Å². The summed E-state index contributed by atoms with van der Waals surface area (Å²) < 4.78 is 29.0. The second-order valence-electron chi connectivity index (χ2n) is 10.5. The van der Waals surface area contributed by atoms with E-state index in [-0.39, 0.29) is 22.6 Å². The minimum absolute atomic E-state index is 0.140. The Bertz CT molecular complexity index is 1470. The molecule has 3 heterocycles. The van der Waals surface area contributed by atoms with Crippen molar-refractivity contribution in [1.82, 2.24) is 25.1 Å². The van der Waals surface area contributed by atoms with Crippen molar-refractivity contribution >= 4 is 5.82 Å². The molecule has 0 unspecified atom stereocenters. The highest BCUT2D eigenvalue weighted by Gasteiger charge is 2.65. The van der Waals surface area contributed by atoms with Crippen LogP contribution in [0, 0.1) is 17.0 Å². The lowest BCUT2D eigenvalue weighted by atomic mass is 9.66. The van der Waals surface area contributed by atoms with Crippen LogP contribution in [-0.4, -0.2) is 31.7 Å². The van der Waals surface area contributed by atoms with Crippen LogP contribution in [0.15, 0.2) is 55.0 Å². The molecule has 0 amide bonds. The van der Waals surface area contributed by atoms with Gasteiger partial charge in [-0.15, -0.1) is 5.10 Å². The van der Waals surface area contributed by atoms with Crippen LogP contribution in [0.1, 0.15) is 62.9 Å². The van der Waals surface area contributed by atoms with Gasteiger partial charge in [0.25, 0.3) is 0 Å². The zero-order valence-corrected chi connectivity index (χ0v) is 21.1. The van der Waals surface area contributed by atoms with Gasteiger partial charge >= 0.3 is 0 Å². The van der Waals surface area contributed by atoms with Crippen molar-refractivity contribution in [1.29, 1.82) is 0 Å². The predicted molar refractivity (Wildman–Crippen MR) is 138 cm³/mol. The molecule has 4 aromatic rings. The van der Waals surface area contributed by atoms with E-state index in [1.807, 2.05) is 30.6 Å². The summed E-state index contributed by atoms with van der Waals surface area (Å²) in [5.41, 5.74) is 3.64. The largest absolute Gasteiger partial charge is 0.370 e. The van der Waals surface area contributed by atoms with Crippen LogP contribution < -0.4 is 5.32 Å². The summed E-state index contributed by atoms with van der Waals surface area (Å²) in [4.78, 5) is 14.2. The zero-order valence-electron chi connectivity index (χ0n) is 21.1. The number of halogens is 2. The van der Waals surface area contributed by atoms with Gasteiger partial charge in [0.05, 0.1) is 40.0 Å². The lowest BCUT2D eigenvalue weighted by molar-refractivity contribution is 0.242. The number of benzene rings is 1.